The number of hydrogen-bond donors (Lipinski definition) is 0. The molecule has 0 N–H and O–H groups in total. The van der Waals surface area contributed by atoms with Crippen molar-refractivity contribution in [1.82, 2.24) is 14.3 Å². The number of aromatic nitrogens is 2. The van der Waals surface area contributed by atoms with Crippen LogP contribution in [0.5, 0.6) is 0 Å². The highest BCUT2D eigenvalue weighted by Crippen LogP contribution is 2.29. The van der Waals surface area contributed by atoms with E-state index in [0.717, 1.165) is 52.0 Å². The van der Waals surface area contributed by atoms with E-state index in [1.165, 1.54) is 11.3 Å². The number of fused-ring (bicyclic) bond motifs is 3. The quantitative estimate of drug-likeness (QED) is 0.690. The van der Waals surface area contributed by atoms with Gasteiger partial charge in [0, 0.05) is 24.7 Å². The zero-order valence-electron chi connectivity index (χ0n) is 11.2. The van der Waals surface area contributed by atoms with Gasteiger partial charge in [0.25, 0.3) is 5.91 Å². The van der Waals surface area contributed by atoms with Crippen LogP contribution in [0, 0.1) is 5.92 Å². The molecule has 0 spiro atoms. The fraction of sp³-hybridized carbons (Fsp3) is 0.429. The summed E-state index contributed by atoms with van der Waals surface area (Å²) >= 11 is 3.14. The van der Waals surface area contributed by atoms with Gasteiger partial charge in [-0.1, -0.05) is 6.92 Å². The number of amides is 1. The number of carbonyl (C=O) groups excluding carboxylic acids is 1. The number of carbonyl (C=O) groups is 1. The second-order valence-corrected chi connectivity index (χ2v) is 7.35. The summed E-state index contributed by atoms with van der Waals surface area (Å²) in [6, 6.07) is 1.99. The van der Waals surface area contributed by atoms with Gasteiger partial charge < -0.3 is 4.90 Å². The van der Waals surface area contributed by atoms with E-state index in [-0.39, 0.29) is 5.91 Å². The summed E-state index contributed by atoms with van der Waals surface area (Å²) in [5, 5.41) is 2.02. The molecule has 4 heterocycles. The number of piperidine rings is 1. The van der Waals surface area contributed by atoms with E-state index in [1.807, 2.05) is 22.5 Å². The molecule has 3 aromatic rings. The van der Waals surface area contributed by atoms with Gasteiger partial charge in [-0.2, -0.15) is 0 Å². The molecule has 1 fully saturated rings. The van der Waals surface area contributed by atoms with Gasteiger partial charge in [-0.05, 0) is 24.8 Å². The van der Waals surface area contributed by atoms with E-state index < -0.39 is 0 Å². The third-order valence-corrected chi connectivity index (χ3v) is 5.78. The smallest absolute Gasteiger partial charge is 0.264 e. The van der Waals surface area contributed by atoms with Crippen LogP contribution < -0.4 is 0 Å². The molecular formula is C14H15N3OS2. The maximum absolute atomic E-state index is 12.6. The zero-order chi connectivity index (χ0) is 13.7. The molecule has 1 aliphatic rings. The molecule has 3 aromatic heterocycles. The summed E-state index contributed by atoms with van der Waals surface area (Å²) in [5.74, 6) is 0.912. The van der Waals surface area contributed by atoms with Crippen LogP contribution in [0.3, 0.4) is 0 Å². The number of thiophene rings is 1. The zero-order valence-corrected chi connectivity index (χ0v) is 12.8. The molecule has 0 atom stereocenters. The van der Waals surface area contributed by atoms with Crippen LogP contribution in [0.1, 0.15) is 29.4 Å². The SMILES string of the molecule is CC1CCN(C(=O)c2cc3c(nc4sccn43)s2)CC1. The molecule has 6 heteroatoms. The maximum Gasteiger partial charge on any atom is 0.264 e. The number of nitrogens with zero attached hydrogens (tertiary/aromatic N) is 3. The Kier molecular flexibility index (Phi) is 2.82. The van der Waals surface area contributed by atoms with E-state index in [2.05, 4.69) is 16.3 Å². The third kappa shape index (κ3) is 1.86. The van der Waals surface area contributed by atoms with Crippen LogP contribution in [0.25, 0.3) is 15.3 Å². The lowest BCUT2D eigenvalue weighted by atomic mass is 9.99. The minimum absolute atomic E-state index is 0.170. The molecule has 0 unspecified atom stereocenters. The Morgan fingerprint density at radius 2 is 2.20 bits per heavy atom. The van der Waals surface area contributed by atoms with Crippen molar-refractivity contribution in [3.8, 4) is 0 Å². The lowest BCUT2D eigenvalue weighted by Crippen LogP contribution is -2.37. The minimum atomic E-state index is 0.170. The molecule has 1 amide bonds. The van der Waals surface area contributed by atoms with Crippen molar-refractivity contribution in [3.05, 3.63) is 22.5 Å². The molecule has 0 aliphatic carbocycles. The van der Waals surface area contributed by atoms with Crippen molar-refractivity contribution in [3.63, 3.8) is 0 Å². The minimum Gasteiger partial charge on any atom is -0.338 e. The van der Waals surface area contributed by atoms with Crippen LogP contribution in [-0.2, 0) is 0 Å². The highest BCUT2D eigenvalue weighted by Gasteiger charge is 2.23. The summed E-state index contributed by atoms with van der Waals surface area (Å²) in [6.45, 7) is 4.03. The Hall–Kier alpha value is -1.40. The number of thiazole rings is 1. The van der Waals surface area contributed by atoms with Gasteiger partial charge in [0.2, 0.25) is 0 Å². The van der Waals surface area contributed by atoms with Gasteiger partial charge in [-0.25, -0.2) is 4.98 Å². The lowest BCUT2D eigenvalue weighted by Gasteiger charge is -2.29. The predicted octanol–water partition coefficient (Wildman–Crippen LogP) is 3.48. The average Bonchev–Trinajstić information content (AvgIpc) is 3.09. The summed E-state index contributed by atoms with van der Waals surface area (Å²) in [5.41, 5.74) is 1.06. The lowest BCUT2D eigenvalue weighted by molar-refractivity contribution is 0.0702. The summed E-state index contributed by atoms with van der Waals surface area (Å²) in [4.78, 5) is 21.9. The van der Waals surface area contributed by atoms with E-state index in [9.17, 15) is 4.79 Å². The Labute approximate surface area is 124 Å². The van der Waals surface area contributed by atoms with Gasteiger partial charge in [-0.15, -0.1) is 22.7 Å². The standard InChI is InChI=1S/C14H15N3OS2/c1-9-2-4-16(5-3-9)13(18)11-8-10-12(20-11)15-14-17(10)6-7-19-14/h6-9H,2-5H2,1H3. The first kappa shape index (κ1) is 12.3. The third-order valence-electron chi connectivity index (χ3n) is 4.02. The van der Waals surface area contributed by atoms with Crippen molar-refractivity contribution >= 4 is 43.9 Å². The van der Waals surface area contributed by atoms with Gasteiger partial charge >= 0.3 is 0 Å². The maximum atomic E-state index is 12.6. The second kappa shape index (κ2) is 4.56. The molecule has 0 radical (unpaired) electrons. The van der Waals surface area contributed by atoms with Crippen LogP contribution >= 0.6 is 22.7 Å². The van der Waals surface area contributed by atoms with Crippen LogP contribution in [0.15, 0.2) is 17.6 Å². The fourth-order valence-corrected chi connectivity index (χ4v) is 4.49. The van der Waals surface area contributed by atoms with Crippen molar-refractivity contribution in [2.75, 3.05) is 13.1 Å². The van der Waals surface area contributed by atoms with Gasteiger partial charge in [0.15, 0.2) is 4.96 Å². The van der Waals surface area contributed by atoms with Gasteiger partial charge in [0.05, 0.1) is 10.4 Å². The van der Waals surface area contributed by atoms with Crippen molar-refractivity contribution in [1.29, 1.82) is 0 Å². The summed E-state index contributed by atoms with van der Waals surface area (Å²) in [7, 11) is 0. The first-order valence-corrected chi connectivity index (χ1v) is 8.56. The van der Waals surface area contributed by atoms with Crippen molar-refractivity contribution in [2.24, 2.45) is 5.92 Å². The molecule has 0 bridgehead atoms. The Bertz CT molecular complexity index is 777. The fourth-order valence-electron chi connectivity index (χ4n) is 2.72. The molecule has 1 saturated heterocycles. The topological polar surface area (TPSA) is 37.6 Å². The number of rotatable bonds is 1. The van der Waals surface area contributed by atoms with E-state index in [4.69, 9.17) is 0 Å². The Morgan fingerprint density at radius 1 is 1.40 bits per heavy atom. The average molecular weight is 305 g/mol. The molecule has 0 saturated carbocycles. The molecular weight excluding hydrogens is 290 g/mol. The molecule has 4 rings (SSSR count). The Morgan fingerprint density at radius 3 is 3.00 bits per heavy atom. The van der Waals surface area contributed by atoms with E-state index in [1.54, 1.807) is 11.3 Å². The first-order chi connectivity index (χ1) is 9.72. The summed E-state index contributed by atoms with van der Waals surface area (Å²) < 4.78 is 2.06. The largest absolute Gasteiger partial charge is 0.338 e. The highest BCUT2D eigenvalue weighted by atomic mass is 32.1. The number of hydrogen-bond acceptors (Lipinski definition) is 4. The number of likely N-dealkylation sites (tertiary alicyclic amines) is 1. The summed E-state index contributed by atoms with van der Waals surface area (Å²) in [6.07, 6.45) is 4.24. The number of imidazole rings is 1. The second-order valence-electron chi connectivity index (χ2n) is 5.44. The van der Waals surface area contributed by atoms with Crippen molar-refractivity contribution < 1.29 is 4.79 Å². The molecule has 20 heavy (non-hydrogen) atoms. The van der Waals surface area contributed by atoms with E-state index in [0.29, 0.717) is 0 Å². The van der Waals surface area contributed by atoms with Crippen molar-refractivity contribution in [2.45, 2.75) is 19.8 Å². The van der Waals surface area contributed by atoms with Crippen LogP contribution in [0.2, 0.25) is 0 Å². The molecule has 4 nitrogen and oxygen atoms in total. The van der Waals surface area contributed by atoms with Crippen LogP contribution in [-0.4, -0.2) is 33.3 Å². The molecule has 1 aliphatic heterocycles. The first-order valence-electron chi connectivity index (χ1n) is 6.87. The van der Waals surface area contributed by atoms with Gasteiger partial charge in [0.1, 0.15) is 4.83 Å². The normalized spacial score (nSPS) is 17.4. The predicted molar refractivity (Wildman–Crippen MR) is 82.8 cm³/mol. The molecule has 104 valence electrons. The highest BCUT2D eigenvalue weighted by molar-refractivity contribution is 7.21. The Balaban J connectivity index is 1.67. The van der Waals surface area contributed by atoms with Crippen LogP contribution in [0.4, 0.5) is 0 Å². The molecule has 0 aromatic carbocycles. The van der Waals surface area contributed by atoms with E-state index >= 15 is 0 Å². The monoisotopic (exact) mass is 305 g/mol. The van der Waals surface area contributed by atoms with Gasteiger partial charge in [-0.3, -0.25) is 9.20 Å².